The van der Waals surface area contributed by atoms with Gasteiger partial charge in [-0.3, -0.25) is 0 Å². The molecule has 1 aliphatic rings. The van der Waals surface area contributed by atoms with Crippen LogP contribution in [0.4, 0.5) is 17.1 Å². The normalized spacial score (nSPS) is 12.3. The number of hydrogen-bond acceptors (Lipinski definition) is 2. The van der Waals surface area contributed by atoms with Gasteiger partial charge in [0.25, 0.3) is 0 Å². The van der Waals surface area contributed by atoms with E-state index in [-0.39, 0.29) is 0 Å². The molecule has 7 aromatic carbocycles. The van der Waals surface area contributed by atoms with E-state index in [2.05, 4.69) is 157 Å². The van der Waals surface area contributed by atoms with Gasteiger partial charge in [-0.1, -0.05) is 127 Å². The van der Waals surface area contributed by atoms with Crippen molar-refractivity contribution in [3.63, 3.8) is 0 Å². The van der Waals surface area contributed by atoms with E-state index in [0.29, 0.717) is 0 Å². The maximum atomic E-state index is 2.40. The summed E-state index contributed by atoms with van der Waals surface area (Å²) in [5, 5.41) is 5.09. The Hall–Kier alpha value is -4.79. The van der Waals surface area contributed by atoms with Gasteiger partial charge < -0.3 is 4.90 Å². The van der Waals surface area contributed by atoms with Crippen LogP contribution in [0.3, 0.4) is 0 Å². The van der Waals surface area contributed by atoms with E-state index in [1.54, 1.807) is 0 Å². The Bertz CT molecular complexity index is 1900. The van der Waals surface area contributed by atoms with Crippen molar-refractivity contribution in [2.75, 3.05) is 4.90 Å². The van der Waals surface area contributed by atoms with Crippen LogP contribution in [0.25, 0.3) is 43.8 Å². The zero-order valence-electron chi connectivity index (χ0n) is 21.8. The molecule has 1 heterocycles. The molecule has 0 radical (unpaired) electrons. The van der Waals surface area contributed by atoms with Crippen molar-refractivity contribution in [2.24, 2.45) is 0 Å². The topological polar surface area (TPSA) is 3.24 Å². The Morgan fingerprint density at radius 2 is 0.875 bits per heavy atom. The van der Waals surface area contributed by atoms with E-state index in [0.717, 1.165) is 0 Å². The molecule has 0 saturated carbocycles. The molecule has 0 aliphatic carbocycles. The van der Waals surface area contributed by atoms with Gasteiger partial charge in [-0.05, 0) is 80.2 Å². The molecule has 0 N–H and O–H groups in total. The summed E-state index contributed by atoms with van der Waals surface area (Å²) in [5.41, 5.74) is 8.61. The molecule has 8 rings (SSSR count). The fourth-order valence-corrected chi connectivity index (χ4v) is 7.09. The number of hydrogen-bond donors (Lipinski definition) is 0. The first-order valence-corrected chi connectivity index (χ1v) is 14.4. The zero-order chi connectivity index (χ0) is 26.5. The van der Waals surface area contributed by atoms with E-state index in [1.165, 1.54) is 70.7 Å². The van der Waals surface area contributed by atoms with Crippen molar-refractivity contribution in [3.05, 3.63) is 152 Å². The SMILES string of the molecule is c1ccc(N2c3ccc(-c4cccc5ccccc45)cc3Sc3cc(-c4cccc5ccccc45)ccc32)cc1. The number of benzene rings is 7. The quantitative estimate of drug-likeness (QED) is 0.225. The second kappa shape index (κ2) is 9.44. The average molecular weight is 528 g/mol. The van der Waals surface area contributed by atoms with Gasteiger partial charge in [-0.25, -0.2) is 0 Å². The third-order valence-electron chi connectivity index (χ3n) is 7.84. The summed E-state index contributed by atoms with van der Waals surface area (Å²) < 4.78 is 0. The van der Waals surface area contributed by atoms with Crippen molar-refractivity contribution in [1.82, 2.24) is 0 Å². The molecule has 1 nitrogen and oxygen atoms in total. The maximum Gasteiger partial charge on any atom is 0.0602 e. The zero-order valence-corrected chi connectivity index (χ0v) is 22.6. The molecule has 0 spiro atoms. The van der Waals surface area contributed by atoms with E-state index >= 15 is 0 Å². The smallest absolute Gasteiger partial charge is 0.0602 e. The van der Waals surface area contributed by atoms with Crippen LogP contribution < -0.4 is 4.90 Å². The summed E-state index contributed by atoms with van der Waals surface area (Å²) >= 11 is 1.87. The lowest BCUT2D eigenvalue weighted by Gasteiger charge is -2.33. The predicted octanol–water partition coefficient (Wildman–Crippen LogP) is 11.3. The predicted molar refractivity (Wildman–Crippen MR) is 171 cm³/mol. The molecule has 1 aliphatic heterocycles. The molecule has 0 atom stereocenters. The van der Waals surface area contributed by atoms with Crippen molar-refractivity contribution < 1.29 is 0 Å². The Morgan fingerprint density at radius 3 is 1.43 bits per heavy atom. The highest BCUT2D eigenvalue weighted by Gasteiger charge is 2.26. The van der Waals surface area contributed by atoms with Gasteiger partial charge in [0.15, 0.2) is 0 Å². The lowest BCUT2D eigenvalue weighted by atomic mass is 9.97. The standard InChI is InChI=1S/C38H25NS/c1-2-14-30(15-3-1)39-35-22-20-28(33-18-8-12-26-10-4-6-16-31(26)33)24-37(35)40-38-25-29(21-23-36(38)39)34-19-9-13-27-11-5-7-17-32(27)34/h1-25H. The van der Waals surface area contributed by atoms with Crippen molar-refractivity contribution in [3.8, 4) is 22.3 Å². The summed E-state index contributed by atoms with van der Waals surface area (Å²) in [4.78, 5) is 4.93. The number of nitrogens with zero attached hydrogens (tertiary/aromatic N) is 1. The number of fused-ring (bicyclic) bond motifs is 4. The Balaban J connectivity index is 1.31. The van der Waals surface area contributed by atoms with Crippen molar-refractivity contribution >= 4 is 50.4 Å². The largest absolute Gasteiger partial charge is 0.308 e. The molecule has 2 heteroatoms. The molecule has 40 heavy (non-hydrogen) atoms. The van der Waals surface area contributed by atoms with Gasteiger partial charge >= 0.3 is 0 Å². The molecular weight excluding hydrogens is 502 g/mol. The minimum absolute atomic E-state index is 1.17. The van der Waals surface area contributed by atoms with Crippen LogP contribution in [-0.2, 0) is 0 Å². The highest BCUT2D eigenvalue weighted by Crippen LogP contribution is 2.53. The summed E-state index contributed by atoms with van der Waals surface area (Å²) in [5.74, 6) is 0. The van der Waals surface area contributed by atoms with Crippen LogP contribution in [0.5, 0.6) is 0 Å². The monoisotopic (exact) mass is 527 g/mol. The molecule has 0 fully saturated rings. The first-order chi connectivity index (χ1) is 19.8. The molecule has 0 aromatic heterocycles. The third-order valence-corrected chi connectivity index (χ3v) is 8.93. The van der Waals surface area contributed by atoms with E-state index in [1.807, 2.05) is 11.8 Å². The van der Waals surface area contributed by atoms with Crippen LogP contribution >= 0.6 is 11.8 Å². The molecular formula is C38H25NS. The third kappa shape index (κ3) is 3.80. The number of para-hydroxylation sites is 1. The maximum absolute atomic E-state index is 2.40. The van der Waals surface area contributed by atoms with Crippen LogP contribution in [0.15, 0.2) is 161 Å². The molecule has 0 amide bonds. The van der Waals surface area contributed by atoms with Gasteiger partial charge in [0, 0.05) is 15.5 Å². The Labute approximate surface area is 238 Å². The molecule has 7 aromatic rings. The first-order valence-electron chi connectivity index (χ1n) is 13.6. The number of anilines is 3. The lowest BCUT2D eigenvalue weighted by molar-refractivity contribution is 1.17. The van der Waals surface area contributed by atoms with E-state index < -0.39 is 0 Å². The average Bonchev–Trinajstić information content (AvgIpc) is 3.03. The summed E-state index contributed by atoms with van der Waals surface area (Å²) in [6.45, 7) is 0. The van der Waals surface area contributed by atoms with E-state index in [4.69, 9.17) is 0 Å². The summed E-state index contributed by atoms with van der Waals surface area (Å²) in [6.07, 6.45) is 0. The molecule has 0 unspecified atom stereocenters. The summed E-state index contributed by atoms with van der Waals surface area (Å²) in [6, 6.07) is 55.0. The molecule has 188 valence electrons. The van der Waals surface area contributed by atoms with Gasteiger partial charge in [-0.15, -0.1) is 0 Å². The van der Waals surface area contributed by atoms with E-state index in [9.17, 15) is 0 Å². The first kappa shape index (κ1) is 23.1. The van der Waals surface area contributed by atoms with Crippen LogP contribution in [0, 0.1) is 0 Å². The fourth-order valence-electron chi connectivity index (χ4n) is 5.95. The molecule has 0 bridgehead atoms. The van der Waals surface area contributed by atoms with Crippen molar-refractivity contribution in [2.45, 2.75) is 9.79 Å². The highest BCUT2D eigenvalue weighted by molar-refractivity contribution is 7.99. The van der Waals surface area contributed by atoms with Crippen LogP contribution in [0.2, 0.25) is 0 Å². The van der Waals surface area contributed by atoms with Crippen LogP contribution in [0.1, 0.15) is 0 Å². The fraction of sp³-hybridized carbons (Fsp3) is 0. The number of rotatable bonds is 3. The lowest BCUT2D eigenvalue weighted by Crippen LogP contribution is -2.14. The Kier molecular flexibility index (Phi) is 5.46. The highest BCUT2D eigenvalue weighted by atomic mass is 32.2. The van der Waals surface area contributed by atoms with Gasteiger partial charge in [-0.2, -0.15) is 0 Å². The second-order valence-electron chi connectivity index (χ2n) is 10.2. The second-order valence-corrected chi connectivity index (χ2v) is 11.3. The van der Waals surface area contributed by atoms with Gasteiger partial charge in [0.1, 0.15) is 0 Å². The van der Waals surface area contributed by atoms with Crippen molar-refractivity contribution in [1.29, 1.82) is 0 Å². The minimum atomic E-state index is 1.17. The van der Waals surface area contributed by atoms with Gasteiger partial charge in [0.05, 0.1) is 11.4 Å². The molecule has 0 saturated heterocycles. The van der Waals surface area contributed by atoms with Crippen LogP contribution in [-0.4, -0.2) is 0 Å². The minimum Gasteiger partial charge on any atom is -0.308 e. The summed E-state index contributed by atoms with van der Waals surface area (Å²) in [7, 11) is 0. The van der Waals surface area contributed by atoms with Gasteiger partial charge in [0.2, 0.25) is 0 Å². The Morgan fingerprint density at radius 1 is 0.400 bits per heavy atom.